The van der Waals surface area contributed by atoms with E-state index in [1.165, 1.54) is 0 Å². The molecule has 1 heterocycles. The number of nitrogens with zero attached hydrogens (tertiary/aromatic N) is 1. The fourth-order valence-electron chi connectivity index (χ4n) is 2.85. The molecule has 10 heteroatoms. The lowest BCUT2D eigenvalue weighted by Gasteiger charge is -2.22. The number of hydrogen-bond donors (Lipinski definition) is 3. The summed E-state index contributed by atoms with van der Waals surface area (Å²) in [4.78, 5) is 4.50. The molecule has 2 rings (SSSR count). The van der Waals surface area contributed by atoms with E-state index in [4.69, 9.17) is 9.47 Å². The Hall–Kier alpha value is -1.11. The molecule has 166 valence electrons. The summed E-state index contributed by atoms with van der Waals surface area (Å²) in [6.45, 7) is 4.44. The molecule has 3 N–H and O–H groups in total. The van der Waals surface area contributed by atoms with Crippen LogP contribution in [0.1, 0.15) is 31.7 Å². The van der Waals surface area contributed by atoms with Crippen LogP contribution in [-0.2, 0) is 21.3 Å². The Bertz CT molecular complexity index is 725. The maximum atomic E-state index is 12.2. The summed E-state index contributed by atoms with van der Waals surface area (Å²) in [5.41, 5.74) is 1.01. The Morgan fingerprint density at radius 3 is 2.83 bits per heavy atom. The molecule has 1 saturated heterocycles. The normalized spacial score (nSPS) is 17.3. The zero-order valence-electron chi connectivity index (χ0n) is 17.1. The number of sulfonamides is 1. The number of rotatable bonds is 10. The second-order valence-electron chi connectivity index (χ2n) is 6.63. The van der Waals surface area contributed by atoms with Crippen molar-refractivity contribution < 1.29 is 17.9 Å². The third-order valence-corrected chi connectivity index (χ3v) is 5.71. The van der Waals surface area contributed by atoms with E-state index < -0.39 is 10.0 Å². The molecule has 1 aliphatic heterocycles. The molecule has 1 aromatic rings. The van der Waals surface area contributed by atoms with Crippen molar-refractivity contribution in [3.8, 4) is 5.75 Å². The van der Waals surface area contributed by atoms with Crippen LogP contribution in [0.5, 0.6) is 5.75 Å². The van der Waals surface area contributed by atoms with Gasteiger partial charge in [-0.15, -0.1) is 24.0 Å². The zero-order chi connectivity index (χ0) is 20.2. The van der Waals surface area contributed by atoms with Gasteiger partial charge in [0, 0.05) is 26.2 Å². The van der Waals surface area contributed by atoms with E-state index in [0.29, 0.717) is 32.2 Å². The van der Waals surface area contributed by atoms with Crippen LogP contribution < -0.4 is 20.1 Å². The van der Waals surface area contributed by atoms with Gasteiger partial charge in [0.2, 0.25) is 10.0 Å². The predicted molar refractivity (Wildman–Crippen MR) is 127 cm³/mol. The van der Waals surface area contributed by atoms with Crippen LogP contribution in [0.15, 0.2) is 29.3 Å². The summed E-state index contributed by atoms with van der Waals surface area (Å²) in [5, 5.41) is 6.19. The minimum Gasteiger partial charge on any atom is -0.497 e. The average Bonchev–Trinajstić information content (AvgIpc) is 2.71. The Morgan fingerprint density at radius 2 is 2.14 bits per heavy atom. The Morgan fingerprint density at radius 1 is 1.31 bits per heavy atom. The van der Waals surface area contributed by atoms with E-state index in [1.54, 1.807) is 7.11 Å². The summed E-state index contributed by atoms with van der Waals surface area (Å²) in [6.07, 6.45) is 3.03. The fraction of sp³-hybridized carbons (Fsp3) is 0.632. The first kappa shape index (κ1) is 25.9. The third-order valence-electron chi connectivity index (χ3n) is 4.37. The van der Waals surface area contributed by atoms with Crippen LogP contribution in [0.2, 0.25) is 0 Å². The standard InChI is InChI=1S/C19H32N4O4S.HI/c1-3-20-19(22-14-16-7-6-9-17(13-16)26-2)21-10-12-28(24,25)23-15-18-8-4-5-11-27-18;/h6-7,9,13,18,23H,3-5,8,10-12,14-15H2,1-2H3,(H2,20,21,22);1H. The molecule has 0 spiro atoms. The van der Waals surface area contributed by atoms with Gasteiger partial charge < -0.3 is 20.1 Å². The van der Waals surface area contributed by atoms with Crippen LogP contribution in [0, 0.1) is 0 Å². The fourth-order valence-corrected chi connectivity index (χ4v) is 3.80. The van der Waals surface area contributed by atoms with Gasteiger partial charge in [0.05, 0.1) is 25.5 Å². The molecule has 0 bridgehead atoms. The minimum atomic E-state index is -3.36. The molecule has 0 amide bonds. The maximum absolute atomic E-state index is 12.2. The van der Waals surface area contributed by atoms with Crippen LogP contribution in [0.3, 0.4) is 0 Å². The number of methoxy groups -OCH3 is 1. The van der Waals surface area contributed by atoms with Gasteiger partial charge in [-0.3, -0.25) is 0 Å². The summed E-state index contributed by atoms with van der Waals surface area (Å²) in [7, 11) is -1.73. The molecule has 0 radical (unpaired) electrons. The van der Waals surface area contributed by atoms with Crippen LogP contribution in [0.4, 0.5) is 0 Å². The van der Waals surface area contributed by atoms with Gasteiger partial charge in [-0.05, 0) is 43.9 Å². The second kappa shape index (κ2) is 14.0. The molecule has 1 fully saturated rings. The Kier molecular flexibility index (Phi) is 12.5. The molecule has 0 saturated carbocycles. The van der Waals surface area contributed by atoms with E-state index in [-0.39, 0.29) is 42.4 Å². The lowest BCUT2D eigenvalue weighted by molar-refractivity contribution is 0.0200. The van der Waals surface area contributed by atoms with Crippen molar-refractivity contribution in [3.63, 3.8) is 0 Å². The van der Waals surface area contributed by atoms with Crippen molar-refractivity contribution in [2.75, 3.05) is 39.1 Å². The van der Waals surface area contributed by atoms with E-state index in [1.807, 2.05) is 31.2 Å². The molecule has 1 unspecified atom stereocenters. The highest BCUT2D eigenvalue weighted by atomic mass is 127. The lowest BCUT2D eigenvalue weighted by atomic mass is 10.1. The number of nitrogens with one attached hydrogen (secondary N) is 3. The number of ether oxygens (including phenoxy) is 2. The Balaban J connectivity index is 0.00000420. The number of hydrogen-bond acceptors (Lipinski definition) is 5. The minimum absolute atomic E-state index is 0. The van der Waals surface area contributed by atoms with Gasteiger partial charge in [-0.1, -0.05) is 12.1 Å². The zero-order valence-corrected chi connectivity index (χ0v) is 20.3. The quantitative estimate of drug-likeness (QED) is 0.238. The van der Waals surface area contributed by atoms with E-state index in [2.05, 4.69) is 20.3 Å². The number of halogens is 1. The monoisotopic (exact) mass is 540 g/mol. The third kappa shape index (κ3) is 10.5. The highest BCUT2D eigenvalue weighted by molar-refractivity contribution is 14.0. The first-order valence-electron chi connectivity index (χ1n) is 9.76. The molecule has 1 aliphatic rings. The average molecular weight is 540 g/mol. The molecular weight excluding hydrogens is 507 g/mol. The topological polar surface area (TPSA) is 101 Å². The van der Waals surface area contributed by atoms with E-state index in [0.717, 1.165) is 30.6 Å². The summed E-state index contributed by atoms with van der Waals surface area (Å²) in [5.74, 6) is 1.34. The smallest absolute Gasteiger partial charge is 0.213 e. The number of guanidine groups is 1. The summed E-state index contributed by atoms with van der Waals surface area (Å²) in [6, 6.07) is 7.69. The summed E-state index contributed by atoms with van der Waals surface area (Å²) >= 11 is 0. The first-order valence-corrected chi connectivity index (χ1v) is 11.4. The van der Waals surface area contributed by atoms with Crippen LogP contribution in [0.25, 0.3) is 0 Å². The molecule has 1 aromatic carbocycles. The van der Waals surface area contributed by atoms with E-state index in [9.17, 15) is 8.42 Å². The highest BCUT2D eigenvalue weighted by Crippen LogP contribution is 2.13. The molecule has 29 heavy (non-hydrogen) atoms. The van der Waals surface area contributed by atoms with Gasteiger partial charge in [0.15, 0.2) is 5.96 Å². The van der Waals surface area contributed by atoms with Crippen molar-refractivity contribution >= 4 is 40.0 Å². The van der Waals surface area contributed by atoms with Crippen molar-refractivity contribution in [2.45, 2.75) is 38.8 Å². The van der Waals surface area contributed by atoms with Gasteiger partial charge in [0.25, 0.3) is 0 Å². The molecule has 0 aromatic heterocycles. The first-order chi connectivity index (χ1) is 13.5. The molecule has 0 aliphatic carbocycles. The highest BCUT2D eigenvalue weighted by Gasteiger charge is 2.17. The molecular formula is C19H33IN4O4S. The van der Waals surface area contributed by atoms with Gasteiger partial charge in [-0.25, -0.2) is 18.1 Å². The predicted octanol–water partition coefficient (Wildman–Crippen LogP) is 1.86. The van der Waals surface area contributed by atoms with E-state index >= 15 is 0 Å². The summed E-state index contributed by atoms with van der Waals surface area (Å²) < 4.78 is 37.8. The largest absolute Gasteiger partial charge is 0.497 e. The van der Waals surface area contributed by atoms with Crippen molar-refractivity contribution in [2.24, 2.45) is 4.99 Å². The van der Waals surface area contributed by atoms with Gasteiger partial charge in [-0.2, -0.15) is 0 Å². The van der Waals surface area contributed by atoms with Gasteiger partial charge in [0.1, 0.15) is 5.75 Å². The molecule has 1 atom stereocenters. The SMILES string of the molecule is CCNC(=NCc1cccc(OC)c1)NCCS(=O)(=O)NCC1CCCCO1.I. The second-order valence-corrected chi connectivity index (χ2v) is 8.56. The van der Waals surface area contributed by atoms with Crippen LogP contribution in [-0.4, -0.2) is 59.6 Å². The van der Waals surface area contributed by atoms with Crippen molar-refractivity contribution in [3.05, 3.63) is 29.8 Å². The van der Waals surface area contributed by atoms with Gasteiger partial charge >= 0.3 is 0 Å². The number of benzene rings is 1. The van der Waals surface area contributed by atoms with Crippen LogP contribution >= 0.6 is 24.0 Å². The number of aliphatic imine (C=N–C) groups is 1. The lowest BCUT2D eigenvalue weighted by Crippen LogP contribution is -2.42. The molecule has 8 nitrogen and oxygen atoms in total. The maximum Gasteiger partial charge on any atom is 0.213 e. The Labute approximate surface area is 191 Å². The van der Waals surface area contributed by atoms with Crippen molar-refractivity contribution in [1.29, 1.82) is 0 Å². The van der Waals surface area contributed by atoms with Crippen molar-refractivity contribution in [1.82, 2.24) is 15.4 Å².